The lowest BCUT2D eigenvalue weighted by molar-refractivity contribution is -0.136. The van der Waals surface area contributed by atoms with E-state index in [0.29, 0.717) is 11.4 Å². The monoisotopic (exact) mass is 280 g/mol. The van der Waals surface area contributed by atoms with Crippen LogP contribution in [0.5, 0.6) is 0 Å². The molecule has 2 aromatic rings. The van der Waals surface area contributed by atoms with E-state index in [9.17, 15) is 9.59 Å². The molecule has 2 heterocycles. The molecule has 0 spiro atoms. The number of nitrogens with one attached hydrogen (secondary N) is 1. The maximum atomic E-state index is 11.7. The van der Waals surface area contributed by atoms with Crippen molar-refractivity contribution in [1.82, 2.24) is 4.98 Å². The van der Waals surface area contributed by atoms with Gasteiger partial charge in [0.25, 0.3) is 5.91 Å². The van der Waals surface area contributed by atoms with Crippen molar-refractivity contribution in [3.05, 3.63) is 47.1 Å². The summed E-state index contributed by atoms with van der Waals surface area (Å²) >= 11 is 5.56. The molecule has 7 heteroatoms. The number of anilines is 1. The molecule has 2 aromatic heterocycles. The average molecular weight is 281 g/mol. The highest BCUT2D eigenvalue weighted by Crippen LogP contribution is 2.15. The van der Waals surface area contributed by atoms with Gasteiger partial charge in [-0.05, 0) is 35.9 Å². The number of aliphatic carboxylic acids is 1. The topological polar surface area (TPSA) is 92.4 Å². The number of nitrogens with zero attached hydrogens (tertiary/aromatic N) is 1. The van der Waals surface area contributed by atoms with E-state index < -0.39 is 11.9 Å². The molecular formula is C12H9ClN2O4. The molecule has 0 aliphatic heterocycles. The molecule has 0 saturated heterocycles. The molecular weight excluding hydrogens is 272 g/mol. The molecule has 0 bridgehead atoms. The number of rotatable bonds is 4. The number of pyridine rings is 1. The number of carbonyl (C=O) groups excluding carboxylic acids is 1. The predicted molar refractivity (Wildman–Crippen MR) is 67.2 cm³/mol. The first-order valence-corrected chi connectivity index (χ1v) is 5.66. The molecule has 2 N–H and O–H groups in total. The standard InChI is InChI=1S/C12H9ClN2O4/c13-10-4-3-9(19-10)12(18)15-8-2-1-7(14-6-8)5-11(16)17/h1-4,6H,5H2,(H,15,18)(H,16,17). The number of carbonyl (C=O) groups is 2. The number of hydrogen-bond donors (Lipinski definition) is 2. The van der Waals surface area contributed by atoms with Crippen LogP contribution in [0.2, 0.25) is 5.22 Å². The van der Waals surface area contributed by atoms with Gasteiger partial charge in [-0.15, -0.1) is 0 Å². The summed E-state index contributed by atoms with van der Waals surface area (Å²) < 4.78 is 4.95. The summed E-state index contributed by atoms with van der Waals surface area (Å²) in [4.78, 5) is 26.1. The smallest absolute Gasteiger partial charge is 0.309 e. The van der Waals surface area contributed by atoms with Gasteiger partial charge in [-0.2, -0.15) is 0 Å². The Kier molecular flexibility index (Phi) is 3.82. The van der Waals surface area contributed by atoms with Gasteiger partial charge in [0.05, 0.1) is 24.0 Å². The van der Waals surface area contributed by atoms with Gasteiger partial charge in [-0.3, -0.25) is 14.6 Å². The maximum absolute atomic E-state index is 11.7. The number of carboxylic acids is 1. The van der Waals surface area contributed by atoms with Crippen LogP contribution in [0.1, 0.15) is 16.2 Å². The Labute approximate surface area is 113 Å². The van der Waals surface area contributed by atoms with Crippen LogP contribution in [0.3, 0.4) is 0 Å². The van der Waals surface area contributed by atoms with E-state index in [2.05, 4.69) is 10.3 Å². The highest BCUT2D eigenvalue weighted by atomic mass is 35.5. The SMILES string of the molecule is O=C(O)Cc1ccc(NC(=O)c2ccc(Cl)o2)cn1. The molecule has 0 aromatic carbocycles. The summed E-state index contributed by atoms with van der Waals surface area (Å²) in [6, 6.07) is 6.00. The first-order chi connectivity index (χ1) is 9.04. The molecule has 2 rings (SSSR count). The van der Waals surface area contributed by atoms with Crippen molar-refractivity contribution in [3.63, 3.8) is 0 Å². The fourth-order valence-corrected chi connectivity index (χ4v) is 1.53. The molecule has 0 aliphatic carbocycles. The van der Waals surface area contributed by atoms with Gasteiger partial charge in [0, 0.05) is 0 Å². The largest absolute Gasteiger partial charge is 0.481 e. The third kappa shape index (κ3) is 3.56. The first-order valence-electron chi connectivity index (χ1n) is 5.28. The van der Waals surface area contributed by atoms with Crippen molar-refractivity contribution in [2.45, 2.75) is 6.42 Å². The molecule has 0 unspecified atom stereocenters. The Bertz CT molecular complexity index is 606. The van der Waals surface area contributed by atoms with Crippen LogP contribution in [0, 0.1) is 0 Å². The van der Waals surface area contributed by atoms with Gasteiger partial charge in [0.1, 0.15) is 0 Å². The fraction of sp³-hybridized carbons (Fsp3) is 0.0833. The number of furan rings is 1. The molecule has 0 saturated carbocycles. The summed E-state index contributed by atoms with van der Waals surface area (Å²) in [7, 11) is 0. The molecule has 19 heavy (non-hydrogen) atoms. The van der Waals surface area contributed by atoms with E-state index in [1.807, 2.05) is 0 Å². The molecule has 0 aliphatic rings. The minimum absolute atomic E-state index is 0.0830. The lowest BCUT2D eigenvalue weighted by Gasteiger charge is -2.03. The molecule has 0 fully saturated rings. The summed E-state index contributed by atoms with van der Waals surface area (Å²) in [6.45, 7) is 0. The fourth-order valence-electron chi connectivity index (χ4n) is 1.39. The first kappa shape index (κ1) is 13.1. The van der Waals surface area contributed by atoms with E-state index in [0.717, 1.165) is 0 Å². The van der Waals surface area contributed by atoms with Crippen molar-refractivity contribution in [2.24, 2.45) is 0 Å². The van der Waals surface area contributed by atoms with Gasteiger partial charge in [0.15, 0.2) is 11.0 Å². The zero-order valence-electron chi connectivity index (χ0n) is 9.59. The van der Waals surface area contributed by atoms with Crippen molar-refractivity contribution in [2.75, 3.05) is 5.32 Å². The summed E-state index contributed by atoms with van der Waals surface area (Å²) in [5.41, 5.74) is 0.846. The molecule has 1 amide bonds. The van der Waals surface area contributed by atoms with E-state index in [-0.39, 0.29) is 17.4 Å². The van der Waals surface area contributed by atoms with Gasteiger partial charge in [0.2, 0.25) is 0 Å². The van der Waals surface area contributed by atoms with E-state index >= 15 is 0 Å². The summed E-state index contributed by atoms with van der Waals surface area (Å²) in [6.07, 6.45) is 1.21. The number of carboxylic acid groups (broad SMARTS) is 1. The third-order valence-corrected chi connectivity index (χ3v) is 2.42. The normalized spacial score (nSPS) is 10.2. The number of halogens is 1. The van der Waals surface area contributed by atoms with Crippen LogP contribution in [0.25, 0.3) is 0 Å². The third-order valence-electron chi connectivity index (χ3n) is 2.21. The minimum Gasteiger partial charge on any atom is -0.481 e. The van der Waals surface area contributed by atoms with Crippen molar-refractivity contribution >= 4 is 29.2 Å². The highest BCUT2D eigenvalue weighted by molar-refractivity contribution is 6.29. The van der Waals surface area contributed by atoms with Crippen LogP contribution < -0.4 is 5.32 Å². The van der Waals surface area contributed by atoms with Crippen LogP contribution >= 0.6 is 11.6 Å². The lowest BCUT2D eigenvalue weighted by Crippen LogP contribution is -2.11. The average Bonchev–Trinajstić information content (AvgIpc) is 2.78. The van der Waals surface area contributed by atoms with Crippen LogP contribution in [0.15, 0.2) is 34.9 Å². The number of hydrogen-bond acceptors (Lipinski definition) is 4. The summed E-state index contributed by atoms with van der Waals surface area (Å²) in [5.74, 6) is -1.34. The molecule has 0 atom stereocenters. The number of aromatic nitrogens is 1. The zero-order valence-corrected chi connectivity index (χ0v) is 10.3. The molecule has 98 valence electrons. The van der Waals surface area contributed by atoms with E-state index in [1.165, 1.54) is 24.4 Å². The van der Waals surface area contributed by atoms with Gasteiger partial charge >= 0.3 is 5.97 Å². The quantitative estimate of drug-likeness (QED) is 0.896. The van der Waals surface area contributed by atoms with Crippen LogP contribution in [-0.2, 0) is 11.2 Å². The Hall–Kier alpha value is -2.34. The minimum atomic E-state index is -0.963. The van der Waals surface area contributed by atoms with Crippen molar-refractivity contribution in [1.29, 1.82) is 0 Å². The molecule has 0 radical (unpaired) electrons. The van der Waals surface area contributed by atoms with Crippen molar-refractivity contribution < 1.29 is 19.1 Å². The Morgan fingerprint density at radius 2 is 2.11 bits per heavy atom. The Morgan fingerprint density at radius 3 is 2.63 bits per heavy atom. The van der Waals surface area contributed by atoms with Gasteiger partial charge < -0.3 is 14.8 Å². The van der Waals surface area contributed by atoms with E-state index in [4.69, 9.17) is 21.1 Å². The lowest BCUT2D eigenvalue weighted by atomic mass is 10.2. The number of amides is 1. The Balaban J connectivity index is 2.03. The van der Waals surface area contributed by atoms with Gasteiger partial charge in [-0.25, -0.2) is 0 Å². The van der Waals surface area contributed by atoms with Gasteiger partial charge in [-0.1, -0.05) is 0 Å². The molecule has 6 nitrogen and oxygen atoms in total. The van der Waals surface area contributed by atoms with Crippen LogP contribution in [-0.4, -0.2) is 22.0 Å². The predicted octanol–water partition coefficient (Wildman–Crippen LogP) is 2.21. The summed E-state index contributed by atoms with van der Waals surface area (Å²) in [5, 5.41) is 11.3. The zero-order chi connectivity index (χ0) is 13.8. The van der Waals surface area contributed by atoms with Crippen molar-refractivity contribution in [3.8, 4) is 0 Å². The van der Waals surface area contributed by atoms with E-state index in [1.54, 1.807) is 6.07 Å². The second kappa shape index (κ2) is 5.53. The van der Waals surface area contributed by atoms with Crippen LogP contribution in [0.4, 0.5) is 5.69 Å². The highest BCUT2D eigenvalue weighted by Gasteiger charge is 2.11. The maximum Gasteiger partial charge on any atom is 0.309 e. The Morgan fingerprint density at radius 1 is 1.32 bits per heavy atom. The second-order valence-electron chi connectivity index (χ2n) is 3.67. The second-order valence-corrected chi connectivity index (χ2v) is 4.04.